The monoisotopic (exact) mass is 492 g/mol. The third kappa shape index (κ3) is 7.31. The Bertz CT molecular complexity index is 981. The molecule has 0 N–H and O–H groups in total. The molecule has 0 aliphatic carbocycles. The lowest BCUT2D eigenvalue weighted by molar-refractivity contribution is -0.0803. The van der Waals surface area contributed by atoms with Crippen molar-refractivity contribution in [2.45, 2.75) is 43.5 Å². The van der Waals surface area contributed by atoms with Crippen molar-refractivity contribution in [1.82, 2.24) is 0 Å². The summed E-state index contributed by atoms with van der Waals surface area (Å²) < 4.78 is 49.2. The number of aryl methyl sites for hydroxylation is 1. The Morgan fingerprint density at radius 3 is 2.13 bits per heavy atom. The maximum Gasteiger partial charge on any atom is 0.459 e. The Hall–Kier alpha value is -2.47. The van der Waals surface area contributed by atoms with Crippen LogP contribution in [0.3, 0.4) is 0 Å². The van der Waals surface area contributed by atoms with Crippen LogP contribution in [-0.2, 0) is 11.8 Å². The molecule has 0 aliphatic rings. The van der Waals surface area contributed by atoms with Crippen molar-refractivity contribution in [1.29, 1.82) is 0 Å². The van der Waals surface area contributed by atoms with Crippen LogP contribution in [0.4, 0.5) is 13.2 Å². The minimum Gasteiger partial charge on any atom is -0.457 e. The second-order valence-electron chi connectivity index (χ2n) is 8.01. The molecule has 0 saturated carbocycles. The quantitative estimate of drug-likeness (QED) is 0.280. The summed E-state index contributed by atoms with van der Waals surface area (Å²) in [6.07, 6.45) is 2.75. The highest BCUT2D eigenvalue weighted by molar-refractivity contribution is 9.09. The normalized spacial score (nSPS) is 11.9. The number of hydrogen-bond acceptors (Lipinski definition) is 2. The van der Waals surface area contributed by atoms with E-state index in [9.17, 15) is 13.2 Å². The summed E-state index contributed by atoms with van der Waals surface area (Å²) in [5.41, 5.74) is 2.10. The molecule has 0 fully saturated rings. The summed E-state index contributed by atoms with van der Waals surface area (Å²) in [6.45, 7) is 4.27. The predicted molar refractivity (Wildman–Crippen MR) is 120 cm³/mol. The van der Waals surface area contributed by atoms with Crippen LogP contribution >= 0.6 is 15.9 Å². The van der Waals surface area contributed by atoms with E-state index in [2.05, 4.69) is 40.6 Å². The zero-order valence-electron chi connectivity index (χ0n) is 17.4. The highest BCUT2D eigenvalue weighted by atomic mass is 79.9. The topological polar surface area (TPSA) is 18.5 Å². The Morgan fingerprint density at radius 1 is 0.839 bits per heavy atom. The van der Waals surface area contributed by atoms with Crippen LogP contribution in [0, 0.1) is 5.82 Å². The average molecular weight is 493 g/mol. The first-order chi connectivity index (χ1) is 14.6. The van der Waals surface area contributed by atoms with Gasteiger partial charge in [-0.2, -0.15) is 8.78 Å². The first-order valence-electron chi connectivity index (χ1n) is 9.99. The van der Waals surface area contributed by atoms with Gasteiger partial charge in [-0.05, 0) is 84.3 Å². The number of halogens is 4. The molecule has 0 saturated heterocycles. The van der Waals surface area contributed by atoms with E-state index in [0.29, 0.717) is 11.5 Å². The van der Waals surface area contributed by atoms with E-state index < -0.39 is 5.02 Å². The summed E-state index contributed by atoms with van der Waals surface area (Å²) in [5, 5.41) is -3.38. The molecule has 0 heterocycles. The van der Waals surface area contributed by atoms with Crippen LogP contribution in [0.1, 0.15) is 37.8 Å². The average Bonchev–Trinajstić information content (AvgIpc) is 2.69. The Morgan fingerprint density at radius 2 is 1.48 bits per heavy atom. The van der Waals surface area contributed by atoms with Crippen molar-refractivity contribution in [3.8, 4) is 17.2 Å². The van der Waals surface area contributed by atoms with Crippen LogP contribution in [0.2, 0.25) is 0 Å². The fourth-order valence-corrected chi connectivity index (χ4v) is 3.58. The van der Waals surface area contributed by atoms with Gasteiger partial charge >= 0.3 is 5.02 Å². The lowest BCUT2D eigenvalue weighted by atomic mass is 9.80. The zero-order chi connectivity index (χ0) is 22.5. The van der Waals surface area contributed by atoms with Gasteiger partial charge in [0.2, 0.25) is 0 Å². The summed E-state index contributed by atoms with van der Waals surface area (Å²) in [7, 11) is 0. The highest BCUT2D eigenvalue weighted by Crippen LogP contribution is 2.33. The summed E-state index contributed by atoms with van der Waals surface area (Å²) >= 11 is 2.18. The maximum absolute atomic E-state index is 13.0. The number of alkyl halides is 3. The Kier molecular flexibility index (Phi) is 7.31. The fourth-order valence-electron chi connectivity index (χ4n) is 3.39. The van der Waals surface area contributed by atoms with Crippen molar-refractivity contribution in [3.63, 3.8) is 0 Å². The van der Waals surface area contributed by atoms with E-state index >= 15 is 0 Å². The molecule has 0 bridgehead atoms. The SMILES string of the molecule is CC(C)(CCCc1cccc(Oc2ccc(F)cc2)c1)c1ccc(OC(F)(F)Br)cc1. The molecule has 0 aromatic heterocycles. The van der Waals surface area contributed by atoms with Crippen molar-refractivity contribution < 1.29 is 22.6 Å². The van der Waals surface area contributed by atoms with Crippen LogP contribution < -0.4 is 9.47 Å². The van der Waals surface area contributed by atoms with Crippen LogP contribution in [-0.4, -0.2) is 5.02 Å². The summed E-state index contributed by atoms with van der Waals surface area (Å²) in [4.78, 5) is 0. The van der Waals surface area contributed by atoms with E-state index in [-0.39, 0.29) is 17.0 Å². The van der Waals surface area contributed by atoms with Gasteiger partial charge in [0.05, 0.1) is 0 Å². The number of hydrogen-bond donors (Lipinski definition) is 0. The van der Waals surface area contributed by atoms with Crippen LogP contribution in [0.25, 0.3) is 0 Å². The number of ether oxygens (including phenoxy) is 2. The number of rotatable bonds is 9. The van der Waals surface area contributed by atoms with E-state index in [1.165, 1.54) is 12.1 Å². The molecular weight excluding hydrogens is 469 g/mol. The zero-order valence-corrected chi connectivity index (χ0v) is 19.0. The molecule has 3 rings (SSSR count). The third-order valence-corrected chi connectivity index (χ3v) is 5.25. The predicted octanol–water partition coefficient (Wildman–Crippen LogP) is 8.24. The van der Waals surface area contributed by atoms with Crippen molar-refractivity contribution in [2.75, 3.05) is 0 Å². The molecule has 0 aliphatic heterocycles. The smallest absolute Gasteiger partial charge is 0.457 e. The van der Waals surface area contributed by atoms with Gasteiger partial charge in [0.1, 0.15) is 23.1 Å². The van der Waals surface area contributed by atoms with E-state index in [1.807, 2.05) is 30.3 Å². The van der Waals surface area contributed by atoms with E-state index in [4.69, 9.17) is 4.74 Å². The molecule has 3 aromatic carbocycles. The lowest BCUT2D eigenvalue weighted by Gasteiger charge is -2.26. The van der Waals surface area contributed by atoms with Gasteiger partial charge < -0.3 is 9.47 Å². The van der Waals surface area contributed by atoms with Gasteiger partial charge in [0.25, 0.3) is 0 Å². The molecule has 0 atom stereocenters. The molecule has 164 valence electrons. The van der Waals surface area contributed by atoms with Gasteiger partial charge in [-0.15, -0.1) is 0 Å². The Labute approximate surface area is 189 Å². The molecule has 2 nitrogen and oxygen atoms in total. The lowest BCUT2D eigenvalue weighted by Crippen LogP contribution is -2.18. The van der Waals surface area contributed by atoms with E-state index in [1.54, 1.807) is 24.3 Å². The van der Waals surface area contributed by atoms with Crippen molar-refractivity contribution in [2.24, 2.45) is 0 Å². The maximum atomic E-state index is 13.0. The second kappa shape index (κ2) is 9.77. The van der Waals surface area contributed by atoms with Gasteiger partial charge in [0, 0.05) is 15.9 Å². The second-order valence-corrected chi connectivity index (χ2v) is 8.94. The molecule has 0 spiro atoms. The highest BCUT2D eigenvalue weighted by Gasteiger charge is 2.27. The van der Waals surface area contributed by atoms with Crippen molar-refractivity contribution >= 4 is 15.9 Å². The van der Waals surface area contributed by atoms with Gasteiger partial charge in [-0.25, -0.2) is 4.39 Å². The minimum atomic E-state index is -3.38. The largest absolute Gasteiger partial charge is 0.459 e. The molecule has 6 heteroatoms. The van der Waals surface area contributed by atoms with Crippen molar-refractivity contribution in [3.05, 3.63) is 89.7 Å². The summed E-state index contributed by atoms with van der Waals surface area (Å²) in [6, 6.07) is 20.5. The fraction of sp³-hybridized carbons (Fsp3) is 0.280. The van der Waals surface area contributed by atoms with Gasteiger partial charge in [-0.1, -0.05) is 38.1 Å². The molecular formula is C25H24BrF3O2. The molecule has 0 amide bonds. The first kappa shape index (κ1) is 23.2. The summed E-state index contributed by atoms with van der Waals surface area (Å²) in [5.74, 6) is 1.11. The third-order valence-electron chi connectivity index (χ3n) is 5.08. The van der Waals surface area contributed by atoms with Gasteiger partial charge in [-0.3, -0.25) is 0 Å². The molecule has 31 heavy (non-hydrogen) atoms. The standard InChI is InChI=1S/C25H24BrF3O2/c1-24(2,19-8-12-22(13-9-19)31-25(26,28)29)16-4-6-18-5-3-7-23(17-18)30-21-14-10-20(27)11-15-21/h3,5,7-15,17H,4,6,16H2,1-2H3. The number of benzene rings is 3. The van der Waals surface area contributed by atoms with Crippen LogP contribution in [0.15, 0.2) is 72.8 Å². The van der Waals surface area contributed by atoms with Crippen LogP contribution in [0.5, 0.6) is 17.2 Å². The molecule has 0 unspecified atom stereocenters. The van der Waals surface area contributed by atoms with Gasteiger partial charge in [0.15, 0.2) is 0 Å². The van der Waals surface area contributed by atoms with E-state index in [0.717, 1.165) is 30.4 Å². The Balaban J connectivity index is 1.55. The molecule has 3 aromatic rings. The first-order valence-corrected chi connectivity index (χ1v) is 10.8. The minimum absolute atomic E-state index is 0.111. The molecule has 0 radical (unpaired) electrons.